The second-order valence-corrected chi connectivity index (χ2v) is 16.7. The normalized spacial score (nSPS) is 20.6. The number of aromatic nitrogens is 1. The number of piperazine rings is 1. The van der Waals surface area contributed by atoms with E-state index in [1.165, 1.54) is 39.0 Å². The van der Waals surface area contributed by atoms with Gasteiger partial charge in [0.05, 0.1) is 16.1 Å². The van der Waals surface area contributed by atoms with Gasteiger partial charge in [0.25, 0.3) is 0 Å². The Hall–Kier alpha value is -2.37. The molecule has 0 bridgehead atoms. The second-order valence-electron chi connectivity index (χ2n) is 13.9. The van der Waals surface area contributed by atoms with Crippen LogP contribution in [0.2, 0.25) is 0 Å². The van der Waals surface area contributed by atoms with E-state index in [0.29, 0.717) is 17.8 Å². The van der Waals surface area contributed by atoms with E-state index in [1.54, 1.807) is 42.2 Å². The molecule has 3 aliphatic rings. The Morgan fingerprint density at radius 3 is 2.02 bits per heavy atom. The molecule has 244 valence electrons. The number of rotatable bonds is 7. The molecule has 8 nitrogen and oxygen atoms in total. The maximum absolute atomic E-state index is 14.3. The van der Waals surface area contributed by atoms with Crippen LogP contribution in [-0.2, 0) is 9.84 Å². The molecule has 0 spiro atoms. The number of likely N-dealkylation sites (tertiary alicyclic amines) is 1. The Kier molecular flexibility index (Phi) is 9.69. The van der Waals surface area contributed by atoms with Crippen molar-refractivity contribution < 1.29 is 13.2 Å². The van der Waals surface area contributed by atoms with Gasteiger partial charge in [0.15, 0.2) is 0 Å². The Bertz CT molecular complexity index is 1570. The summed E-state index contributed by atoms with van der Waals surface area (Å²) in [5.41, 5.74) is 1.25. The maximum atomic E-state index is 14.3. The van der Waals surface area contributed by atoms with E-state index in [2.05, 4.69) is 50.0 Å². The lowest BCUT2D eigenvalue weighted by Gasteiger charge is -2.46. The number of anilines is 1. The third-order valence-corrected chi connectivity index (χ3v) is 12.2. The summed E-state index contributed by atoms with van der Waals surface area (Å²) in [6, 6.07) is 14.2. The summed E-state index contributed by atoms with van der Waals surface area (Å²) in [4.78, 5) is 16.5. The fourth-order valence-corrected chi connectivity index (χ4v) is 9.09. The van der Waals surface area contributed by atoms with Crippen LogP contribution in [0.15, 0.2) is 63.3 Å². The summed E-state index contributed by atoms with van der Waals surface area (Å²) in [6.45, 7) is 14.6. The van der Waals surface area contributed by atoms with Crippen molar-refractivity contribution in [2.75, 3.05) is 70.6 Å². The van der Waals surface area contributed by atoms with E-state index >= 15 is 0 Å². The summed E-state index contributed by atoms with van der Waals surface area (Å²) in [5, 5.41) is 0.905. The van der Waals surface area contributed by atoms with Crippen LogP contribution in [-0.4, -0.2) is 111 Å². The number of likely N-dealkylation sites (N-methyl/N-ethyl adjacent to an activating group) is 1. The quantitative estimate of drug-likeness (QED) is 0.302. The standard InChI is InChI=1S/C35H49N5O3S2/c1-35(2,3)43-28-6-9-30(10-7-28)45(41,42)33-25-36-32-11-8-29(44-5)24-31(32)34(33)40-18-14-26(15-19-40)38-16-12-27(13-17-38)39-22-20-37(4)21-23-39/h6-11,24-27H,12-23H2,1-5H3. The molecule has 2 aromatic carbocycles. The molecule has 3 aromatic rings. The molecule has 3 aliphatic heterocycles. The van der Waals surface area contributed by atoms with Gasteiger partial charge in [-0.2, -0.15) is 0 Å². The minimum absolute atomic E-state index is 0.255. The van der Waals surface area contributed by atoms with E-state index in [-0.39, 0.29) is 15.4 Å². The molecule has 4 heterocycles. The predicted octanol–water partition coefficient (Wildman–Crippen LogP) is 5.65. The molecule has 45 heavy (non-hydrogen) atoms. The molecule has 6 rings (SSSR count). The molecule has 0 N–H and O–H groups in total. The number of piperidine rings is 2. The number of fused-ring (bicyclic) bond motifs is 1. The van der Waals surface area contributed by atoms with Crippen molar-refractivity contribution >= 4 is 38.2 Å². The molecule has 3 fully saturated rings. The van der Waals surface area contributed by atoms with Gasteiger partial charge in [0, 0.05) is 67.8 Å². The first-order chi connectivity index (χ1) is 21.5. The van der Waals surface area contributed by atoms with Crippen molar-refractivity contribution in [3.63, 3.8) is 0 Å². The van der Waals surface area contributed by atoms with E-state index in [1.807, 2.05) is 26.8 Å². The number of hydrogen-bond donors (Lipinski definition) is 0. The molecule has 0 radical (unpaired) electrons. The highest BCUT2D eigenvalue weighted by Gasteiger charge is 2.34. The van der Waals surface area contributed by atoms with Gasteiger partial charge in [-0.25, -0.2) is 8.42 Å². The molecule has 3 saturated heterocycles. The lowest BCUT2D eigenvalue weighted by Crippen LogP contribution is -2.54. The number of ether oxygens (including phenoxy) is 1. The van der Waals surface area contributed by atoms with Gasteiger partial charge in [-0.05, 0) is 115 Å². The summed E-state index contributed by atoms with van der Waals surface area (Å²) >= 11 is 1.66. The van der Waals surface area contributed by atoms with Crippen molar-refractivity contribution in [3.8, 4) is 5.75 Å². The number of thioether (sulfide) groups is 1. The Morgan fingerprint density at radius 1 is 0.822 bits per heavy atom. The van der Waals surface area contributed by atoms with E-state index in [9.17, 15) is 8.42 Å². The summed E-state index contributed by atoms with van der Waals surface area (Å²) in [6.07, 6.45) is 8.18. The number of hydrogen-bond acceptors (Lipinski definition) is 9. The monoisotopic (exact) mass is 651 g/mol. The molecule has 1 aromatic heterocycles. The predicted molar refractivity (Wildman–Crippen MR) is 185 cm³/mol. The lowest BCUT2D eigenvalue weighted by molar-refractivity contribution is 0.0495. The summed E-state index contributed by atoms with van der Waals surface area (Å²) in [7, 11) is -1.61. The molecule has 0 amide bonds. The molecule has 10 heteroatoms. The average molecular weight is 652 g/mol. The first-order valence-electron chi connectivity index (χ1n) is 16.4. The van der Waals surface area contributed by atoms with Crippen molar-refractivity contribution in [1.82, 2.24) is 19.7 Å². The highest BCUT2D eigenvalue weighted by molar-refractivity contribution is 7.98. The van der Waals surface area contributed by atoms with Crippen LogP contribution in [0.4, 0.5) is 5.69 Å². The van der Waals surface area contributed by atoms with Crippen LogP contribution in [0.1, 0.15) is 46.5 Å². The first kappa shape index (κ1) is 32.6. The number of nitrogens with zero attached hydrogens (tertiary/aromatic N) is 5. The van der Waals surface area contributed by atoms with Crippen molar-refractivity contribution in [3.05, 3.63) is 48.7 Å². The third kappa shape index (κ3) is 7.30. The van der Waals surface area contributed by atoms with E-state index in [4.69, 9.17) is 4.74 Å². The maximum Gasteiger partial charge on any atom is 0.210 e. The number of benzene rings is 2. The number of pyridine rings is 1. The molecular weight excluding hydrogens is 603 g/mol. The minimum Gasteiger partial charge on any atom is -0.488 e. The molecule has 0 atom stereocenters. The van der Waals surface area contributed by atoms with Gasteiger partial charge in [-0.15, -0.1) is 11.8 Å². The van der Waals surface area contributed by atoms with Crippen molar-refractivity contribution in [2.24, 2.45) is 0 Å². The van der Waals surface area contributed by atoms with Gasteiger partial charge in [-0.1, -0.05) is 0 Å². The highest BCUT2D eigenvalue weighted by atomic mass is 32.2. The van der Waals surface area contributed by atoms with Crippen LogP contribution < -0.4 is 9.64 Å². The number of sulfone groups is 1. The molecule has 0 unspecified atom stereocenters. The van der Waals surface area contributed by atoms with E-state index < -0.39 is 9.84 Å². The molecular formula is C35H49N5O3S2. The van der Waals surface area contributed by atoms with Crippen LogP contribution in [0.5, 0.6) is 5.75 Å². The Morgan fingerprint density at radius 2 is 1.42 bits per heavy atom. The lowest BCUT2D eigenvalue weighted by atomic mass is 9.96. The van der Waals surface area contributed by atoms with E-state index in [0.717, 1.165) is 60.5 Å². The smallest absolute Gasteiger partial charge is 0.210 e. The molecule has 0 saturated carbocycles. The first-order valence-corrected chi connectivity index (χ1v) is 19.2. The Balaban J connectivity index is 1.22. The zero-order chi connectivity index (χ0) is 31.8. The van der Waals surface area contributed by atoms with Gasteiger partial charge in [0.1, 0.15) is 16.2 Å². The van der Waals surface area contributed by atoms with Crippen LogP contribution >= 0.6 is 11.8 Å². The fraction of sp³-hybridized carbons (Fsp3) is 0.571. The zero-order valence-electron chi connectivity index (χ0n) is 27.5. The highest BCUT2D eigenvalue weighted by Crippen LogP contribution is 2.39. The minimum atomic E-state index is -3.83. The summed E-state index contributed by atoms with van der Waals surface area (Å²) < 4.78 is 34.5. The van der Waals surface area contributed by atoms with Crippen LogP contribution in [0.25, 0.3) is 10.9 Å². The SMILES string of the molecule is CSc1ccc2ncc(S(=O)(=O)c3ccc(OC(C)(C)C)cc3)c(N3CCC(N4CCC(N5CCN(C)CC5)CC4)CC3)c2c1. The second kappa shape index (κ2) is 13.4. The van der Waals surface area contributed by atoms with Gasteiger partial charge >= 0.3 is 0 Å². The summed E-state index contributed by atoms with van der Waals surface area (Å²) in [5.74, 6) is 0.651. The van der Waals surface area contributed by atoms with Gasteiger partial charge < -0.3 is 19.4 Å². The third-order valence-electron chi connectivity index (χ3n) is 9.71. The largest absolute Gasteiger partial charge is 0.488 e. The van der Waals surface area contributed by atoms with Gasteiger partial charge in [-0.3, -0.25) is 9.88 Å². The molecule has 0 aliphatic carbocycles. The van der Waals surface area contributed by atoms with Crippen LogP contribution in [0, 0.1) is 0 Å². The van der Waals surface area contributed by atoms with Crippen molar-refractivity contribution in [1.29, 1.82) is 0 Å². The van der Waals surface area contributed by atoms with Crippen LogP contribution in [0.3, 0.4) is 0 Å². The van der Waals surface area contributed by atoms with Gasteiger partial charge in [0.2, 0.25) is 9.84 Å². The fourth-order valence-electron chi connectivity index (χ4n) is 7.21. The average Bonchev–Trinajstić information content (AvgIpc) is 3.04. The zero-order valence-corrected chi connectivity index (χ0v) is 29.2. The van der Waals surface area contributed by atoms with Crippen molar-refractivity contribution in [2.45, 2.75) is 78.8 Å². The Labute approximate surface area is 274 Å². The topological polar surface area (TPSA) is 69.2 Å².